The van der Waals surface area contributed by atoms with Crippen molar-refractivity contribution in [2.75, 3.05) is 7.11 Å². The van der Waals surface area contributed by atoms with Gasteiger partial charge in [0.25, 0.3) is 0 Å². The first kappa shape index (κ1) is 9.46. The third kappa shape index (κ3) is 2.23. The van der Waals surface area contributed by atoms with E-state index in [-0.39, 0.29) is 5.54 Å². The number of methoxy groups -OCH3 is 1. The molecule has 1 aromatic rings. The molecule has 3 nitrogen and oxygen atoms in total. The van der Waals surface area contributed by atoms with Crippen LogP contribution in [-0.2, 0) is 6.42 Å². The first-order valence-corrected chi connectivity index (χ1v) is 4.99. The second kappa shape index (κ2) is 3.58. The molecule has 0 radical (unpaired) electrons. The lowest BCUT2D eigenvalue weighted by atomic mass is 10.1. The summed E-state index contributed by atoms with van der Waals surface area (Å²) in [5.74, 6) is 0.823. The average Bonchev–Trinajstić information content (AvgIpc) is 2.95. The zero-order valence-electron chi connectivity index (χ0n) is 8.49. The Hall–Kier alpha value is -1.09. The fraction of sp³-hybridized carbons (Fsp3) is 0.545. The Labute approximate surface area is 84.3 Å². The molecule has 1 aromatic heterocycles. The van der Waals surface area contributed by atoms with Gasteiger partial charge >= 0.3 is 0 Å². The van der Waals surface area contributed by atoms with Gasteiger partial charge < -0.3 is 10.5 Å². The molecule has 0 saturated heterocycles. The van der Waals surface area contributed by atoms with Crippen molar-refractivity contribution >= 4 is 0 Å². The van der Waals surface area contributed by atoms with Crippen molar-refractivity contribution in [1.82, 2.24) is 4.98 Å². The highest BCUT2D eigenvalue weighted by atomic mass is 16.5. The molecule has 1 aliphatic carbocycles. The molecule has 3 heteroatoms. The molecular formula is C11H16N2O. The molecule has 0 aliphatic heterocycles. The topological polar surface area (TPSA) is 48.1 Å². The minimum atomic E-state index is 0.128. The van der Waals surface area contributed by atoms with Gasteiger partial charge in [-0.05, 0) is 37.3 Å². The summed E-state index contributed by atoms with van der Waals surface area (Å²) < 4.78 is 5.11. The van der Waals surface area contributed by atoms with Gasteiger partial charge in [-0.1, -0.05) is 0 Å². The lowest BCUT2D eigenvalue weighted by Crippen LogP contribution is -2.22. The number of aryl methyl sites for hydroxylation is 1. The highest BCUT2D eigenvalue weighted by molar-refractivity contribution is 5.24. The van der Waals surface area contributed by atoms with E-state index in [2.05, 4.69) is 4.98 Å². The Kier molecular flexibility index (Phi) is 2.42. The standard InChI is InChI=1S/C11H16N2O/c1-14-10-6-9(7-13-8-10)2-3-11(12)4-5-11/h6-8H,2-5,12H2,1H3. The minimum absolute atomic E-state index is 0.128. The lowest BCUT2D eigenvalue weighted by Gasteiger charge is -2.08. The predicted octanol–water partition coefficient (Wildman–Crippen LogP) is 1.51. The molecule has 0 spiro atoms. The van der Waals surface area contributed by atoms with Crippen LogP contribution in [0, 0.1) is 0 Å². The van der Waals surface area contributed by atoms with Crippen LogP contribution in [0.2, 0.25) is 0 Å². The number of aromatic nitrogens is 1. The van der Waals surface area contributed by atoms with Crippen LogP contribution in [0.4, 0.5) is 0 Å². The molecule has 14 heavy (non-hydrogen) atoms. The van der Waals surface area contributed by atoms with E-state index >= 15 is 0 Å². The van der Waals surface area contributed by atoms with Gasteiger partial charge in [-0.25, -0.2) is 0 Å². The van der Waals surface area contributed by atoms with E-state index < -0.39 is 0 Å². The molecule has 0 atom stereocenters. The molecule has 1 fully saturated rings. The van der Waals surface area contributed by atoms with Crippen molar-refractivity contribution < 1.29 is 4.74 Å². The van der Waals surface area contributed by atoms with Crippen LogP contribution in [0.3, 0.4) is 0 Å². The van der Waals surface area contributed by atoms with E-state index in [0.29, 0.717) is 0 Å². The average molecular weight is 192 g/mol. The van der Waals surface area contributed by atoms with Crippen molar-refractivity contribution in [2.45, 2.75) is 31.2 Å². The van der Waals surface area contributed by atoms with Crippen LogP contribution in [0.1, 0.15) is 24.8 Å². The first-order valence-electron chi connectivity index (χ1n) is 4.99. The molecule has 0 bridgehead atoms. The van der Waals surface area contributed by atoms with E-state index in [9.17, 15) is 0 Å². The second-order valence-electron chi connectivity index (χ2n) is 4.10. The van der Waals surface area contributed by atoms with Crippen molar-refractivity contribution in [2.24, 2.45) is 5.73 Å². The molecule has 2 rings (SSSR count). The van der Waals surface area contributed by atoms with Crippen molar-refractivity contribution in [3.05, 3.63) is 24.0 Å². The van der Waals surface area contributed by atoms with Crippen molar-refractivity contribution in [3.63, 3.8) is 0 Å². The van der Waals surface area contributed by atoms with Gasteiger partial charge in [-0.2, -0.15) is 0 Å². The Morgan fingerprint density at radius 3 is 2.93 bits per heavy atom. The second-order valence-corrected chi connectivity index (χ2v) is 4.10. The molecule has 1 aliphatic rings. The zero-order valence-corrected chi connectivity index (χ0v) is 8.49. The number of rotatable bonds is 4. The summed E-state index contributed by atoms with van der Waals surface area (Å²) in [6, 6.07) is 2.03. The van der Waals surface area contributed by atoms with Gasteiger partial charge in [0.15, 0.2) is 0 Å². The third-order valence-corrected chi connectivity index (χ3v) is 2.81. The molecule has 0 aromatic carbocycles. The maximum absolute atomic E-state index is 6.01. The summed E-state index contributed by atoms with van der Waals surface area (Å²) in [7, 11) is 1.66. The van der Waals surface area contributed by atoms with E-state index in [1.807, 2.05) is 12.3 Å². The van der Waals surface area contributed by atoms with Gasteiger partial charge in [0.2, 0.25) is 0 Å². The number of nitrogens with two attached hydrogens (primary N) is 1. The zero-order chi connectivity index (χ0) is 10.0. The van der Waals surface area contributed by atoms with Gasteiger partial charge in [0, 0.05) is 11.7 Å². The van der Waals surface area contributed by atoms with Crippen LogP contribution >= 0.6 is 0 Å². The number of nitrogens with zero attached hydrogens (tertiary/aromatic N) is 1. The summed E-state index contributed by atoms with van der Waals surface area (Å²) in [6.07, 6.45) is 8.00. The summed E-state index contributed by atoms with van der Waals surface area (Å²) in [6.45, 7) is 0. The first-order chi connectivity index (χ1) is 6.72. The molecule has 0 unspecified atom stereocenters. The Morgan fingerprint density at radius 1 is 1.50 bits per heavy atom. The van der Waals surface area contributed by atoms with E-state index in [1.54, 1.807) is 13.3 Å². The van der Waals surface area contributed by atoms with E-state index in [1.165, 1.54) is 18.4 Å². The quantitative estimate of drug-likeness (QED) is 0.786. The third-order valence-electron chi connectivity index (χ3n) is 2.81. The fourth-order valence-electron chi connectivity index (χ4n) is 1.52. The van der Waals surface area contributed by atoms with Crippen LogP contribution in [0.25, 0.3) is 0 Å². The van der Waals surface area contributed by atoms with Crippen molar-refractivity contribution in [3.8, 4) is 5.75 Å². The predicted molar refractivity (Wildman–Crippen MR) is 55.3 cm³/mol. The highest BCUT2D eigenvalue weighted by Crippen LogP contribution is 2.36. The number of ether oxygens (including phenoxy) is 1. The van der Waals surface area contributed by atoms with Crippen LogP contribution in [0.15, 0.2) is 18.5 Å². The molecule has 0 amide bonds. The van der Waals surface area contributed by atoms with Crippen LogP contribution < -0.4 is 10.5 Å². The molecule has 2 N–H and O–H groups in total. The van der Waals surface area contributed by atoms with E-state index in [4.69, 9.17) is 10.5 Å². The molecule has 76 valence electrons. The molecule has 1 saturated carbocycles. The maximum Gasteiger partial charge on any atom is 0.137 e. The summed E-state index contributed by atoms with van der Waals surface area (Å²) in [5.41, 5.74) is 7.35. The molecule has 1 heterocycles. The lowest BCUT2D eigenvalue weighted by molar-refractivity contribution is 0.412. The maximum atomic E-state index is 6.01. The normalized spacial score (nSPS) is 17.9. The highest BCUT2D eigenvalue weighted by Gasteiger charge is 2.37. The van der Waals surface area contributed by atoms with Crippen LogP contribution in [0.5, 0.6) is 5.75 Å². The Bertz CT molecular complexity index is 321. The Morgan fingerprint density at radius 2 is 2.29 bits per heavy atom. The van der Waals surface area contributed by atoms with E-state index in [0.717, 1.165) is 18.6 Å². The summed E-state index contributed by atoms with van der Waals surface area (Å²) in [5, 5.41) is 0. The van der Waals surface area contributed by atoms with Gasteiger partial charge in [0.1, 0.15) is 5.75 Å². The SMILES string of the molecule is COc1cncc(CCC2(N)CC2)c1. The monoisotopic (exact) mass is 192 g/mol. The number of hydrogen-bond acceptors (Lipinski definition) is 3. The minimum Gasteiger partial charge on any atom is -0.495 e. The Balaban J connectivity index is 1.94. The summed E-state index contributed by atoms with van der Waals surface area (Å²) >= 11 is 0. The van der Waals surface area contributed by atoms with Gasteiger partial charge in [-0.15, -0.1) is 0 Å². The van der Waals surface area contributed by atoms with Crippen molar-refractivity contribution in [1.29, 1.82) is 0 Å². The molecular weight excluding hydrogens is 176 g/mol. The number of pyridine rings is 1. The van der Waals surface area contributed by atoms with Gasteiger partial charge in [0.05, 0.1) is 13.3 Å². The largest absolute Gasteiger partial charge is 0.495 e. The van der Waals surface area contributed by atoms with Gasteiger partial charge in [-0.3, -0.25) is 4.98 Å². The fourth-order valence-corrected chi connectivity index (χ4v) is 1.52. The number of hydrogen-bond donors (Lipinski definition) is 1. The smallest absolute Gasteiger partial charge is 0.137 e. The van der Waals surface area contributed by atoms with Crippen LogP contribution in [-0.4, -0.2) is 17.6 Å². The summed E-state index contributed by atoms with van der Waals surface area (Å²) in [4.78, 5) is 4.11.